The van der Waals surface area contributed by atoms with Crippen molar-refractivity contribution in [3.63, 3.8) is 0 Å². The van der Waals surface area contributed by atoms with E-state index in [0.29, 0.717) is 0 Å². The standard InChI is InChI=1S/C9H17F5O3Si/c1-15-18(16-2,17-3)9(13,14)7-5-4-6-8(10,11)12/h4-7H2,1-3H3. The van der Waals surface area contributed by atoms with Crippen LogP contribution in [0.4, 0.5) is 22.0 Å². The second-order valence-electron chi connectivity index (χ2n) is 3.70. The molecule has 0 aliphatic carbocycles. The first-order valence-electron chi connectivity index (χ1n) is 5.24. The summed E-state index contributed by atoms with van der Waals surface area (Å²) >= 11 is 0. The Balaban J connectivity index is 4.37. The minimum atomic E-state index is -4.33. The summed E-state index contributed by atoms with van der Waals surface area (Å²) in [6, 6.07) is 0. The summed E-state index contributed by atoms with van der Waals surface area (Å²) < 4.78 is 77.0. The van der Waals surface area contributed by atoms with Crippen molar-refractivity contribution in [3.8, 4) is 0 Å². The average molecular weight is 296 g/mol. The minimum absolute atomic E-state index is 0.280. The van der Waals surface area contributed by atoms with Crippen molar-refractivity contribution in [3.05, 3.63) is 0 Å². The van der Waals surface area contributed by atoms with Crippen LogP contribution in [0.3, 0.4) is 0 Å². The Labute approximate surface area is 104 Å². The van der Waals surface area contributed by atoms with E-state index in [0.717, 1.165) is 21.3 Å². The van der Waals surface area contributed by atoms with Crippen molar-refractivity contribution in [2.24, 2.45) is 0 Å². The van der Waals surface area contributed by atoms with Gasteiger partial charge in [0.15, 0.2) is 0 Å². The molecule has 0 rings (SSSR count). The summed E-state index contributed by atoms with van der Waals surface area (Å²) in [5.41, 5.74) is -3.41. The molecule has 0 unspecified atom stereocenters. The van der Waals surface area contributed by atoms with Crippen LogP contribution in [0.2, 0.25) is 0 Å². The fourth-order valence-corrected chi connectivity index (χ4v) is 3.40. The van der Waals surface area contributed by atoms with E-state index in [1.54, 1.807) is 0 Å². The predicted molar refractivity (Wildman–Crippen MR) is 56.3 cm³/mol. The van der Waals surface area contributed by atoms with Crippen LogP contribution in [0.5, 0.6) is 0 Å². The number of rotatable bonds is 8. The Morgan fingerprint density at radius 3 is 1.50 bits per heavy atom. The van der Waals surface area contributed by atoms with Gasteiger partial charge >= 0.3 is 20.5 Å². The molecule has 0 radical (unpaired) electrons. The summed E-state index contributed by atoms with van der Waals surface area (Å²) in [5.74, 6) is 0. The van der Waals surface area contributed by atoms with Gasteiger partial charge in [0.05, 0.1) is 0 Å². The van der Waals surface area contributed by atoms with E-state index in [9.17, 15) is 22.0 Å². The molecule has 18 heavy (non-hydrogen) atoms. The quantitative estimate of drug-likeness (QED) is 0.391. The lowest BCUT2D eigenvalue weighted by atomic mass is 10.2. The van der Waals surface area contributed by atoms with E-state index < -0.39 is 33.4 Å². The zero-order valence-corrected chi connectivity index (χ0v) is 11.4. The molecule has 0 saturated heterocycles. The zero-order valence-electron chi connectivity index (χ0n) is 10.4. The van der Waals surface area contributed by atoms with Gasteiger partial charge in [0.25, 0.3) is 0 Å². The van der Waals surface area contributed by atoms with Crippen molar-refractivity contribution in [1.82, 2.24) is 0 Å². The maximum absolute atomic E-state index is 13.8. The summed E-state index contributed by atoms with van der Waals surface area (Å²) in [6.45, 7) is 0. The smallest absolute Gasteiger partial charge is 0.373 e. The van der Waals surface area contributed by atoms with Gasteiger partial charge in [0.2, 0.25) is 0 Å². The monoisotopic (exact) mass is 296 g/mol. The Morgan fingerprint density at radius 2 is 1.17 bits per heavy atom. The van der Waals surface area contributed by atoms with Crippen LogP contribution < -0.4 is 0 Å². The van der Waals surface area contributed by atoms with Gasteiger partial charge in [-0.25, -0.2) is 8.78 Å². The van der Waals surface area contributed by atoms with E-state index >= 15 is 0 Å². The normalized spacial score (nSPS) is 14.0. The molecule has 0 fully saturated rings. The lowest BCUT2D eigenvalue weighted by Crippen LogP contribution is -2.59. The first-order valence-corrected chi connectivity index (χ1v) is 6.96. The highest BCUT2D eigenvalue weighted by Crippen LogP contribution is 2.34. The minimum Gasteiger partial charge on any atom is -0.373 e. The number of hydrogen-bond donors (Lipinski definition) is 0. The fourth-order valence-electron chi connectivity index (χ4n) is 1.52. The van der Waals surface area contributed by atoms with Crippen LogP contribution in [0.1, 0.15) is 25.7 Å². The van der Waals surface area contributed by atoms with E-state index in [1.807, 2.05) is 0 Å². The molecule has 0 saturated carbocycles. The molecule has 0 N–H and O–H groups in total. The molecule has 0 spiro atoms. The predicted octanol–water partition coefficient (Wildman–Crippen LogP) is 3.16. The second kappa shape index (κ2) is 6.78. The zero-order chi connectivity index (χ0) is 14.4. The van der Waals surface area contributed by atoms with Crippen LogP contribution in [0, 0.1) is 0 Å². The largest absolute Gasteiger partial charge is 0.573 e. The topological polar surface area (TPSA) is 27.7 Å². The van der Waals surface area contributed by atoms with Gasteiger partial charge in [-0.2, -0.15) is 13.2 Å². The van der Waals surface area contributed by atoms with Crippen LogP contribution in [0.25, 0.3) is 0 Å². The van der Waals surface area contributed by atoms with Crippen LogP contribution in [0.15, 0.2) is 0 Å². The Kier molecular flexibility index (Phi) is 6.69. The molecule has 3 nitrogen and oxygen atoms in total. The Bertz CT molecular complexity index is 235. The van der Waals surface area contributed by atoms with Gasteiger partial charge in [-0.3, -0.25) is 0 Å². The number of halogens is 5. The summed E-state index contributed by atoms with van der Waals surface area (Å²) in [4.78, 5) is 0. The lowest BCUT2D eigenvalue weighted by Gasteiger charge is -2.31. The molecule has 0 aromatic heterocycles. The van der Waals surface area contributed by atoms with Crippen molar-refractivity contribution < 1.29 is 35.2 Å². The summed E-state index contributed by atoms with van der Waals surface area (Å²) in [6.07, 6.45) is -6.80. The van der Waals surface area contributed by atoms with Crippen molar-refractivity contribution in [1.29, 1.82) is 0 Å². The highest BCUT2D eigenvalue weighted by Gasteiger charge is 2.62. The summed E-state index contributed by atoms with van der Waals surface area (Å²) in [5, 5.41) is 0. The van der Waals surface area contributed by atoms with Crippen molar-refractivity contribution in [2.75, 3.05) is 21.3 Å². The van der Waals surface area contributed by atoms with Crippen LogP contribution in [-0.4, -0.2) is 41.9 Å². The van der Waals surface area contributed by atoms with E-state index in [2.05, 4.69) is 13.3 Å². The molecule has 0 aliphatic rings. The highest BCUT2D eigenvalue weighted by atomic mass is 28.4. The van der Waals surface area contributed by atoms with Crippen molar-refractivity contribution >= 4 is 8.80 Å². The average Bonchev–Trinajstić information content (AvgIpc) is 2.26. The molecule has 0 amide bonds. The molecule has 0 atom stereocenters. The van der Waals surface area contributed by atoms with E-state index in [1.165, 1.54) is 0 Å². The third kappa shape index (κ3) is 4.79. The van der Waals surface area contributed by atoms with Gasteiger partial charge < -0.3 is 13.3 Å². The Morgan fingerprint density at radius 1 is 0.778 bits per heavy atom. The van der Waals surface area contributed by atoms with Crippen LogP contribution >= 0.6 is 0 Å². The van der Waals surface area contributed by atoms with Gasteiger partial charge in [0, 0.05) is 34.2 Å². The molecule has 9 heteroatoms. The molecular weight excluding hydrogens is 279 g/mol. The first kappa shape index (κ1) is 17.7. The number of unbranched alkanes of at least 4 members (excludes halogenated alkanes) is 1. The fraction of sp³-hybridized carbons (Fsp3) is 1.00. The SMILES string of the molecule is CO[Si](OC)(OC)C(F)(F)CCCCC(F)(F)F. The molecule has 0 aromatic rings. The molecule has 0 heterocycles. The van der Waals surface area contributed by atoms with Crippen molar-refractivity contribution in [2.45, 2.75) is 37.4 Å². The Hall–Kier alpha value is -0.253. The maximum atomic E-state index is 13.8. The molecule has 0 bridgehead atoms. The third-order valence-electron chi connectivity index (χ3n) is 2.46. The summed E-state index contributed by atoms with van der Waals surface area (Å²) in [7, 11) is -1.06. The van der Waals surface area contributed by atoms with E-state index in [4.69, 9.17) is 0 Å². The molecular formula is C9H17F5O3Si. The number of hydrogen-bond acceptors (Lipinski definition) is 3. The van der Waals surface area contributed by atoms with Gasteiger partial charge in [0.1, 0.15) is 0 Å². The molecule has 110 valence electrons. The van der Waals surface area contributed by atoms with E-state index in [-0.39, 0.29) is 12.8 Å². The molecule has 0 aliphatic heterocycles. The third-order valence-corrected chi connectivity index (χ3v) is 5.21. The highest BCUT2D eigenvalue weighted by molar-refractivity contribution is 6.63. The van der Waals surface area contributed by atoms with Gasteiger partial charge in [-0.05, 0) is 12.8 Å². The van der Waals surface area contributed by atoms with Gasteiger partial charge in [-0.15, -0.1) is 0 Å². The number of alkyl halides is 5. The maximum Gasteiger partial charge on any atom is 0.573 e. The first-order chi connectivity index (χ1) is 8.14. The second-order valence-corrected chi connectivity index (χ2v) is 6.76. The van der Waals surface area contributed by atoms with Gasteiger partial charge in [-0.1, -0.05) is 0 Å². The molecule has 0 aromatic carbocycles. The lowest BCUT2D eigenvalue weighted by molar-refractivity contribution is -0.136. The van der Waals surface area contributed by atoms with Crippen LogP contribution in [-0.2, 0) is 13.3 Å².